The van der Waals surface area contributed by atoms with Crippen LogP contribution in [0.25, 0.3) is 0 Å². The van der Waals surface area contributed by atoms with Gasteiger partial charge < -0.3 is 15.1 Å². The summed E-state index contributed by atoms with van der Waals surface area (Å²) in [6.07, 6.45) is 4.57. The molecule has 3 nitrogen and oxygen atoms in total. The number of benzene rings is 1. The third-order valence-corrected chi connectivity index (χ3v) is 4.10. The SMILES string of the molecule is OCc1cc(Br)ccc1N1CCCCCC1CO. The van der Waals surface area contributed by atoms with Gasteiger partial charge in [-0.2, -0.15) is 0 Å². The van der Waals surface area contributed by atoms with Crippen molar-refractivity contribution in [3.05, 3.63) is 28.2 Å². The number of hydrogen-bond acceptors (Lipinski definition) is 3. The fourth-order valence-corrected chi connectivity index (χ4v) is 3.05. The molecule has 4 heteroatoms. The van der Waals surface area contributed by atoms with Crippen LogP contribution < -0.4 is 4.90 Å². The lowest BCUT2D eigenvalue weighted by molar-refractivity contribution is 0.253. The average molecular weight is 314 g/mol. The molecular formula is C14H20BrNO2. The quantitative estimate of drug-likeness (QED) is 0.901. The summed E-state index contributed by atoms with van der Waals surface area (Å²) in [4.78, 5) is 2.25. The van der Waals surface area contributed by atoms with Crippen LogP contribution in [0, 0.1) is 0 Å². The maximum Gasteiger partial charge on any atom is 0.0702 e. The highest BCUT2D eigenvalue weighted by Crippen LogP contribution is 2.29. The van der Waals surface area contributed by atoms with Crippen LogP contribution in [0.5, 0.6) is 0 Å². The monoisotopic (exact) mass is 313 g/mol. The molecule has 1 aliphatic rings. The van der Waals surface area contributed by atoms with Gasteiger partial charge in [0.25, 0.3) is 0 Å². The summed E-state index contributed by atoms with van der Waals surface area (Å²) in [6, 6.07) is 6.16. The topological polar surface area (TPSA) is 43.7 Å². The van der Waals surface area contributed by atoms with Crippen molar-refractivity contribution in [2.45, 2.75) is 38.3 Å². The highest BCUT2D eigenvalue weighted by molar-refractivity contribution is 9.10. The highest BCUT2D eigenvalue weighted by Gasteiger charge is 2.22. The van der Waals surface area contributed by atoms with Gasteiger partial charge in [0.2, 0.25) is 0 Å². The minimum atomic E-state index is 0.0312. The molecule has 0 saturated carbocycles. The van der Waals surface area contributed by atoms with Gasteiger partial charge in [-0.15, -0.1) is 0 Å². The van der Waals surface area contributed by atoms with Gasteiger partial charge in [-0.3, -0.25) is 0 Å². The fourth-order valence-electron chi connectivity index (χ4n) is 2.65. The maximum atomic E-state index is 9.55. The van der Waals surface area contributed by atoms with Crippen LogP contribution in [0.3, 0.4) is 0 Å². The lowest BCUT2D eigenvalue weighted by Gasteiger charge is -2.32. The Hall–Kier alpha value is -0.580. The minimum Gasteiger partial charge on any atom is -0.394 e. The van der Waals surface area contributed by atoms with Crippen LogP contribution in [0.15, 0.2) is 22.7 Å². The summed E-state index contributed by atoms with van der Waals surface area (Å²) in [7, 11) is 0. The molecule has 0 radical (unpaired) electrons. The molecule has 0 amide bonds. The lowest BCUT2D eigenvalue weighted by atomic mass is 10.1. The van der Waals surface area contributed by atoms with Crippen molar-refractivity contribution in [3.63, 3.8) is 0 Å². The first-order chi connectivity index (χ1) is 8.76. The molecule has 0 aromatic heterocycles. The third kappa shape index (κ3) is 3.05. The number of halogens is 1. The Kier molecular flexibility index (Phi) is 5.03. The van der Waals surface area contributed by atoms with E-state index < -0.39 is 0 Å². The molecule has 0 spiro atoms. The molecule has 18 heavy (non-hydrogen) atoms. The van der Waals surface area contributed by atoms with Crippen LogP contribution >= 0.6 is 15.9 Å². The van der Waals surface area contributed by atoms with E-state index in [1.807, 2.05) is 18.2 Å². The molecule has 2 N–H and O–H groups in total. The maximum absolute atomic E-state index is 9.55. The molecule has 1 atom stereocenters. The Bertz CT molecular complexity index is 397. The molecule has 1 heterocycles. The second-order valence-corrected chi connectivity index (χ2v) is 5.73. The van der Waals surface area contributed by atoms with E-state index in [-0.39, 0.29) is 19.3 Å². The van der Waals surface area contributed by atoms with Gasteiger partial charge in [0.15, 0.2) is 0 Å². The van der Waals surface area contributed by atoms with Crippen molar-refractivity contribution in [3.8, 4) is 0 Å². The van der Waals surface area contributed by atoms with E-state index in [0.29, 0.717) is 0 Å². The van der Waals surface area contributed by atoms with Gasteiger partial charge >= 0.3 is 0 Å². The number of rotatable bonds is 3. The second-order valence-electron chi connectivity index (χ2n) is 4.81. The lowest BCUT2D eigenvalue weighted by Crippen LogP contribution is -2.38. The molecule has 100 valence electrons. The summed E-state index contributed by atoms with van der Waals surface area (Å²) >= 11 is 3.43. The molecule has 1 aromatic rings. The molecule has 1 fully saturated rings. The first-order valence-electron chi connectivity index (χ1n) is 6.53. The Morgan fingerprint density at radius 1 is 1.22 bits per heavy atom. The van der Waals surface area contributed by atoms with Crippen LogP contribution in [0.2, 0.25) is 0 Å². The second kappa shape index (κ2) is 6.55. The van der Waals surface area contributed by atoms with Gasteiger partial charge in [-0.05, 0) is 31.0 Å². The minimum absolute atomic E-state index is 0.0312. The zero-order valence-electron chi connectivity index (χ0n) is 10.5. The fraction of sp³-hybridized carbons (Fsp3) is 0.571. The Morgan fingerprint density at radius 2 is 2.06 bits per heavy atom. The van der Waals surface area contributed by atoms with Gasteiger partial charge in [0.05, 0.1) is 19.3 Å². The largest absolute Gasteiger partial charge is 0.394 e. The van der Waals surface area contributed by atoms with Crippen molar-refractivity contribution in [2.24, 2.45) is 0 Å². The zero-order chi connectivity index (χ0) is 13.0. The summed E-state index contributed by atoms with van der Waals surface area (Å²) in [5, 5.41) is 19.0. The highest BCUT2D eigenvalue weighted by atomic mass is 79.9. The summed E-state index contributed by atoms with van der Waals surface area (Å²) in [5.74, 6) is 0. The Labute approximate surface area is 117 Å². The number of nitrogens with zero attached hydrogens (tertiary/aromatic N) is 1. The van der Waals surface area contributed by atoms with Crippen LogP contribution in [-0.2, 0) is 6.61 Å². The van der Waals surface area contributed by atoms with Gasteiger partial charge in [-0.1, -0.05) is 28.8 Å². The summed E-state index contributed by atoms with van der Waals surface area (Å²) in [6.45, 7) is 1.17. The van der Waals surface area contributed by atoms with Gasteiger partial charge in [0, 0.05) is 22.3 Å². The molecule has 0 bridgehead atoms. The molecule has 1 aromatic carbocycles. The average Bonchev–Trinajstić information content (AvgIpc) is 2.63. The number of aliphatic hydroxyl groups excluding tert-OH is 2. The van der Waals surface area contributed by atoms with E-state index in [2.05, 4.69) is 20.8 Å². The molecule has 1 aliphatic heterocycles. The third-order valence-electron chi connectivity index (χ3n) is 3.61. The first kappa shape index (κ1) is 13.8. The molecule has 1 saturated heterocycles. The van der Waals surface area contributed by atoms with Crippen LogP contribution in [-0.4, -0.2) is 29.4 Å². The van der Waals surface area contributed by atoms with Crippen LogP contribution in [0.1, 0.15) is 31.2 Å². The first-order valence-corrected chi connectivity index (χ1v) is 7.32. The van der Waals surface area contributed by atoms with E-state index in [0.717, 1.165) is 35.1 Å². The smallest absolute Gasteiger partial charge is 0.0702 e. The summed E-state index contributed by atoms with van der Waals surface area (Å²) in [5.41, 5.74) is 1.98. The molecule has 0 aliphatic carbocycles. The van der Waals surface area contributed by atoms with Gasteiger partial charge in [0.1, 0.15) is 0 Å². The zero-order valence-corrected chi connectivity index (χ0v) is 12.1. The van der Waals surface area contributed by atoms with E-state index in [1.54, 1.807) is 0 Å². The predicted octanol–water partition coefficient (Wildman–Crippen LogP) is 2.68. The standard InChI is InChI=1S/C14H20BrNO2/c15-12-5-6-14(11(8-12)9-17)16-7-3-1-2-4-13(16)10-18/h5-6,8,13,17-18H,1-4,7,9-10H2. The van der Waals surface area contributed by atoms with E-state index in [4.69, 9.17) is 0 Å². The number of aliphatic hydroxyl groups is 2. The Balaban J connectivity index is 2.32. The normalized spacial score (nSPS) is 20.8. The molecular weight excluding hydrogens is 294 g/mol. The summed E-state index contributed by atoms with van der Waals surface area (Å²) < 4.78 is 0.977. The molecule has 2 rings (SSSR count). The van der Waals surface area contributed by atoms with E-state index in [1.165, 1.54) is 12.8 Å². The Morgan fingerprint density at radius 3 is 2.78 bits per heavy atom. The van der Waals surface area contributed by atoms with E-state index in [9.17, 15) is 10.2 Å². The van der Waals surface area contributed by atoms with Crippen molar-refractivity contribution in [2.75, 3.05) is 18.1 Å². The number of anilines is 1. The van der Waals surface area contributed by atoms with Crippen molar-refractivity contribution in [1.29, 1.82) is 0 Å². The number of hydrogen-bond donors (Lipinski definition) is 2. The van der Waals surface area contributed by atoms with Gasteiger partial charge in [-0.25, -0.2) is 0 Å². The van der Waals surface area contributed by atoms with E-state index >= 15 is 0 Å². The van der Waals surface area contributed by atoms with Crippen molar-refractivity contribution >= 4 is 21.6 Å². The molecule has 1 unspecified atom stereocenters. The van der Waals surface area contributed by atoms with Crippen molar-refractivity contribution in [1.82, 2.24) is 0 Å². The van der Waals surface area contributed by atoms with Crippen molar-refractivity contribution < 1.29 is 10.2 Å². The predicted molar refractivity (Wildman–Crippen MR) is 76.8 cm³/mol. The van der Waals surface area contributed by atoms with Crippen LogP contribution in [0.4, 0.5) is 5.69 Å².